The zero-order valence-electron chi connectivity index (χ0n) is 17.7. The van der Waals surface area contributed by atoms with Gasteiger partial charge in [-0.1, -0.05) is 76.9 Å². The van der Waals surface area contributed by atoms with E-state index in [1.807, 2.05) is 6.21 Å². The van der Waals surface area contributed by atoms with Gasteiger partial charge in [0.2, 0.25) is 0 Å². The molecule has 1 rings (SSSR count). The molecule has 2 N–H and O–H groups in total. The van der Waals surface area contributed by atoms with Crippen molar-refractivity contribution < 1.29 is 0 Å². The summed E-state index contributed by atoms with van der Waals surface area (Å²) in [5.41, 5.74) is 5.99. The number of rotatable bonds is 17. The second-order valence-corrected chi connectivity index (χ2v) is 7.98. The van der Waals surface area contributed by atoms with E-state index in [1.54, 1.807) is 0 Å². The molecule has 1 aliphatic rings. The van der Waals surface area contributed by atoms with Crippen molar-refractivity contribution in [3.63, 3.8) is 0 Å². The van der Waals surface area contributed by atoms with Crippen LogP contribution in [0.15, 0.2) is 17.1 Å². The van der Waals surface area contributed by atoms with Gasteiger partial charge in [-0.2, -0.15) is 0 Å². The highest BCUT2D eigenvalue weighted by Crippen LogP contribution is 2.17. The van der Waals surface area contributed by atoms with E-state index in [2.05, 4.69) is 35.9 Å². The van der Waals surface area contributed by atoms with Gasteiger partial charge in [0.15, 0.2) is 0 Å². The quantitative estimate of drug-likeness (QED) is 0.239. The molecule has 0 amide bonds. The Morgan fingerprint density at radius 2 is 1.46 bits per heavy atom. The standard InChI is InChI=1S/C23H45N3/c1-3-4-5-6-7-8-9-10-11-12-13-14-15-16-17-18-19-23-25-20-21-26(23)22(2)24/h12-13,20,22-23H,3-11,14-19,21,24H2,1-2H3/b13-12+. The van der Waals surface area contributed by atoms with E-state index in [-0.39, 0.29) is 6.17 Å². The molecule has 2 atom stereocenters. The molecule has 1 aliphatic heterocycles. The molecule has 0 radical (unpaired) electrons. The molecule has 1 heterocycles. The molecule has 0 spiro atoms. The van der Waals surface area contributed by atoms with Gasteiger partial charge in [-0.25, -0.2) is 0 Å². The Morgan fingerprint density at radius 3 is 2.04 bits per heavy atom. The zero-order valence-corrected chi connectivity index (χ0v) is 17.7. The van der Waals surface area contributed by atoms with Gasteiger partial charge in [0.25, 0.3) is 0 Å². The fourth-order valence-electron chi connectivity index (χ4n) is 3.72. The first kappa shape index (κ1) is 23.4. The first-order valence-electron chi connectivity index (χ1n) is 11.4. The third-order valence-corrected chi connectivity index (χ3v) is 5.45. The lowest BCUT2D eigenvalue weighted by molar-refractivity contribution is 0.182. The van der Waals surface area contributed by atoms with E-state index >= 15 is 0 Å². The Labute approximate surface area is 163 Å². The number of aliphatic imine (C=N–C) groups is 1. The van der Waals surface area contributed by atoms with Crippen LogP contribution < -0.4 is 5.73 Å². The van der Waals surface area contributed by atoms with Gasteiger partial charge in [-0.3, -0.25) is 9.89 Å². The minimum Gasteiger partial charge on any atom is -0.316 e. The fourth-order valence-corrected chi connectivity index (χ4v) is 3.72. The molecule has 26 heavy (non-hydrogen) atoms. The van der Waals surface area contributed by atoms with Gasteiger partial charge in [-0.05, 0) is 45.4 Å². The van der Waals surface area contributed by atoms with Gasteiger partial charge in [-0.15, -0.1) is 0 Å². The Kier molecular flexibility index (Phi) is 14.8. The molecular weight excluding hydrogens is 318 g/mol. The maximum Gasteiger partial charge on any atom is 0.103 e. The molecule has 0 saturated heterocycles. The van der Waals surface area contributed by atoms with Gasteiger partial charge in [0, 0.05) is 12.8 Å². The largest absolute Gasteiger partial charge is 0.316 e. The molecule has 3 nitrogen and oxygen atoms in total. The lowest BCUT2D eigenvalue weighted by atomic mass is 10.1. The van der Waals surface area contributed by atoms with Crippen LogP contribution in [0, 0.1) is 0 Å². The molecule has 0 aromatic heterocycles. The van der Waals surface area contributed by atoms with Crippen LogP contribution in [-0.4, -0.2) is 30.0 Å². The van der Waals surface area contributed by atoms with Crippen molar-refractivity contribution in [1.82, 2.24) is 4.90 Å². The van der Waals surface area contributed by atoms with Crippen LogP contribution >= 0.6 is 0 Å². The lowest BCUT2D eigenvalue weighted by Gasteiger charge is -2.26. The lowest BCUT2D eigenvalue weighted by Crippen LogP contribution is -2.43. The Hall–Kier alpha value is -0.670. The molecule has 2 unspecified atom stereocenters. The second kappa shape index (κ2) is 16.5. The topological polar surface area (TPSA) is 41.6 Å². The summed E-state index contributed by atoms with van der Waals surface area (Å²) in [5.74, 6) is 0. The van der Waals surface area contributed by atoms with Crippen molar-refractivity contribution in [1.29, 1.82) is 0 Å². The van der Waals surface area contributed by atoms with Crippen molar-refractivity contribution >= 4 is 6.21 Å². The fraction of sp³-hybridized carbons (Fsp3) is 0.870. The zero-order chi connectivity index (χ0) is 18.9. The normalized spacial score (nSPS) is 19.0. The summed E-state index contributed by atoms with van der Waals surface area (Å²) in [5, 5.41) is 0. The van der Waals surface area contributed by atoms with Crippen LogP contribution in [0.2, 0.25) is 0 Å². The van der Waals surface area contributed by atoms with Gasteiger partial charge < -0.3 is 5.73 Å². The molecule has 0 aromatic rings. The number of unbranched alkanes of at least 4 members (excludes halogenated alkanes) is 12. The van der Waals surface area contributed by atoms with E-state index in [0.717, 1.165) is 13.0 Å². The molecule has 0 bridgehead atoms. The summed E-state index contributed by atoms with van der Waals surface area (Å²) in [6.45, 7) is 5.27. The second-order valence-electron chi connectivity index (χ2n) is 7.98. The summed E-state index contributed by atoms with van der Waals surface area (Å²) in [4.78, 5) is 6.84. The van der Waals surface area contributed by atoms with Crippen LogP contribution in [0.1, 0.15) is 110 Å². The van der Waals surface area contributed by atoms with Crippen LogP contribution in [0.4, 0.5) is 0 Å². The average molecular weight is 364 g/mol. The summed E-state index contributed by atoms with van der Waals surface area (Å²) < 4.78 is 0. The number of hydrogen-bond donors (Lipinski definition) is 1. The number of nitrogens with zero attached hydrogens (tertiary/aromatic N) is 2. The van der Waals surface area contributed by atoms with Gasteiger partial charge in [0.1, 0.15) is 6.17 Å². The Bertz CT molecular complexity index is 362. The summed E-state index contributed by atoms with van der Waals surface area (Å²) in [7, 11) is 0. The summed E-state index contributed by atoms with van der Waals surface area (Å²) in [6.07, 6.45) is 27.6. The van der Waals surface area contributed by atoms with Gasteiger partial charge in [0.05, 0.1) is 6.17 Å². The van der Waals surface area contributed by atoms with E-state index in [4.69, 9.17) is 5.73 Å². The minimum atomic E-state index is 0.119. The maximum atomic E-state index is 5.99. The highest BCUT2D eigenvalue weighted by atomic mass is 15.3. The summed E-state index contributed by atoms with van der Waals surface area (Å²) in [6, 6.07) is 0. The van der Waals surface area contributed by atoms with Crippen molar-refractivity contribution in [2.75, 3.05) is 6.54 Å². The third kappa shape index (κ3) is 11.9. The maximum absolute atomic E-state index is 5.99. The highest BCUT2D eigenvalue weighted by Gasteiger charge is 2.22. The van der Waals surface area contributed by atoms with E-state index in [0.29, 0.717) is 6.17 Å². The van der Waals surface area contributed by atoms with Crippen LogP contribution in [-0.2, 0) is 0 Å². The molecule has 0 aliphatic carbocycles. The highest BCUT2D eigenvalue weighted by molar-refractivity contribution is 5.62. The third-order valence-electron chi connectivity index (χ3n) is 5.45. The van der Waals surface area contributed by atoms with Crippen molar-refractivity contribution in [3.8, 4) is 0 Å². The molecule has 3 heteroatoms. The smallest absolute Gasteiger partial charge is 0.103 e. The van der Waals surface area contributed by atoms with E-state index in [1.165, 1.54) is 89.9 Å². The molecule has 152 valence electrons. The molecule has 0 aromatic carbocycles. The van der Waals surface area contributed by atoms with Crippen LogP contribution in [0.25, 0.3) is 0 Å². The molecular formula is C23H45N3. The Morgan fingerprint density at radius 1 is 0.923 bits per heavy atom. The Balaban J connectivity index is 1.81. The van der Waals surface area contributed by atoms with Crippen LogP contribution in [0.3, 0.4) is 0 Å². The minimum absolute atomic E-state index is 0.119. The predicted molar refractivity (Wildman–Crippen MR) is 117 cm³/mol. The number of hydrogen-bond acceptors (Lipinski definition) is 3. The van der Waals surface area contributed by atoms with E-state index in [9.17, 15) is 0 Å². The first-order chi connectivity index (χ1) is 12.8. The van der Waals surface area contributed by atoms with Crippen LogP contribution in [0.5, 0.6) is 0 Å². The first-order valence-corrected chi connectivity index (χ1v) is 11.4. The molecule has 0 fully saturated rings. The van der Waals surface area contributed by atoms with Gasteiger partial charge >= 0.3 is 0 Å². The summed E-state index contributed by atoms with van der Waals surface area (Å²) >= 11 is 0. The average Bonchev–Trinajstić information content (AvgIpc) is 3.10. The van der Waals surface area contributed by atoms with Crippen molar-refractivity contribution in [3.05, 3.63) is 12.2 Å². The van der Waals surface area contributed by atoms with Crippen molar-refractivity contribution in [2.24, 2.45) is 10.7 Å². The monoisotopic (exact) mass is 363 g/mol. The molecule has 0 saturated carbocycles. The SMILES string of the molecule is CCCCCCCCCC/C=C/CCCCCCC1N=CCN1C(C)N. The number of nitrogens with two attached hydrogens (primary N) is 1. The van der Waals surface area contributed by atoms with E-state index < -0.39 is 0 Å². The van der Waals surface area contributed by atoms with Crippen molar-refractivity contribution in [2.45, 2.75) is 122 Å². The predicted octanol–water partition coefficient (Wildman–Crippen LogP) is 6.43. The number of allylic oxidation sites excluding steroid dienone is 2.